The van der Waals surface area contributed by atoms with Crippen LogP contribution in [0, 0.1) is 50.2 Å². The van der Waals surface area contributed by atoms with E-state index in [9.17, 15) is 66.4 Å². The normalized spacial score (nSPS) is 54.8. The maximum Gasteiger partial charge on any atom is 0.315 e. The van der Waals surface area contributed by atoms with Gasteiger partial charge in [0.15, 0.2) is 18.9 Å². The predicted molar refractivity (Wildman–Crippen MR) is 257 cm³/mol. The molecule has 0 spiro atoms. The molecule has 430 valence electrons. The molecule has 0 radical (unpaired) electrons. The highest BCUT2D eigenvalue weighted by Gasteiger charge is 2.71. The fourth-order valence-electron chi connectivity index (χ4n) is 16.2. The molecule has 9 rings (SSSR count). The molecular weight excluding hydrogens is 989 g/mol. The second-order valence-corrected chi connectivity index (χ2v) is 25.7. The van der Waals surface area contributed by atoms with Crippen molar-refractivity contribution >= 4 is 5.97 Å². The number of carbonyl (C=O) groups excluding carboxylic acids is 1. The number of esters is 1. The van der Waals surface area contributed by atoms with Crippen LogP contribution in [-0.4, -0.2) is 222 Å². The maximum atomic E-state index is 15.1. The molecule has 0 unspecified atom stereocenters. The topological polar surface area (TPSA) is 354 Å². The number of carbonyl (C=O) groups is 1. The minimum absolute atomic E-state index is 0.0319. The smallest absolute Gasteiger partial charge is 0.315 e. The van der Waals surface area contributed by atoms with E-state index < -0.39 is 153 Å². The molecule has 0 amide bonds. The number of fused-ring (bicyclic) bond motifs is 7. The van der Waals surface area contributed by atoms with Gasteiger partial charge in [0.2, 0.25) is 6.29 Å². The highest BCUT2D eigenvalue weighted by molar-refractivity contribution is 5.79. The van der Waals surface area contributed by atoms with E-state index in [2.05, 4.69) is 40.7 Å². The summed E-state index contributed by atoms with van der Waals surface area (Å²) in [5, 5.41) is 140. The standard InChI is InChI=1S/C53H86O22/c1-23-32(58)34(60)38(64)44(69-23)73-41-27(19-54)70-45(39(65)35(41)61)74-42-28(20-55)71-46(40(66)36(42)62)75-47(67)53-16-14-48(2,3)18-25(53)24-8-9-30-49(4)12-11-31(72-43-37(63)33(59)26(57)21-68-43)50(5,22-56)29(49)10-13-52(30,7)51(24,6)15-17-53/h8,23,25-46,54-66H,9-22H2,1-7H3/t23-,25-,26-,27+,28+,29+,30+,31-,32-,33-,34+,35+,36+,37+,38+,39+,40+,41+,42+,43-,44-,45-,46-,49-,50-,51+,52+,53-/m0/s1. The van der Waals surface area contributed by atoms with Gasteiger partial charge >= 0.3 is 5.97 Å². The van der Waals surface area contributed by atoms with E-state index in [0.29, 0.717) is 38.5 Å². The molecule has 4 heterocycles. The summed E-state index contributed by atoms with van der Waals surface area (Å²) in [5.74, 6) is -0.615. The van der Waals surface area contributed by atoms with E-state index in [-0.39, 0.29) is 52.6 Å². The average Bonchev–Trinajstić information content (AvgIpc) is 3.45. The molecule has 0 aromatic rings. The molecule has 22 heteroatoms. The summed E-state index contributed by atoms with van der Waals surface area (Å²) < 4.78 is 47.1. The summed E-state index contributed by atoms with van der Waals surface area (Å²) in [4.78, 5) is 15.1. The van der Waals surface area contributed by atoms with E-state index in [1.807, 2.05) is 6.92 Å². The SMILES string of the molecule is C[C@@H]1O[C@@H](O[C@H]2[C@H](O)[C@@H](O)[C@H](O[C@H]3[C@H](O)[C@@H](O)[C@H](OC(=O)[C@]45CCC(C)(C)C[C@H]4C4=CC[C@@H]6[C@@]7(C)CC[C@H](O[C@@H]8OC[C@H](O)[C@H](O)[C@H]8O)[C@@](C)(CO)[C@@H]7CC[C@@]6(C)[C@]4(C)CC5)O[C@@H]3CO)O[C@@H]2CO)[C@H](O)[C@H](O)[C@H]1O. The van der Waals surface area contributed by atoms with Crippen LogP contribution in [0.15, 0.2) is 11.6 Å². The van der Waals surface area contributed by atoms with Gasteiger partial charge in [-0.15, -0.1) is 0 Å². The van der Waals surface area contributed by atoms with Crippen LogP contribution in [0.4, 0.5) is 0 Å². The van der Waals surface area contributed by atoms with Gasteiger partial charge in [0.25, 0.3) is 0 Å². The lowest BCUT2D eigenvalue weighted by Gasteiger charge is -2.71. The minimum Gasteiger partial charge on any atom is -0.432 e. The van der Waals surface area contributed by atoms with Crippen molar-refractivity contribution in [3.05, 3.63) is 11.6 Å². The van der Waals surface area contributed by atoms with Crippen LogP contribution in [-0.2, 0) is 42.7 Å². The van der Waals surface area contributed by atoms with Crippen molar-refractivity contribution in [1.82, 2.24) is 0 Å². The molecule has 0 aromatic carbocycles. The second-order valence-electron chi connectivity index (χ2n) is 25.7. The minimum atomic E-state index is -1.96. The van der Waals surface area contributed by atoms with Crippen LogP contribution in [0.25, 0.3) is 0 Å². The summed E-state index contributed by atoms with van der Waals surface area (Å²) in [7, 11) is 0. The van der Waals surface area contributed by atoms with Gasteiger partial charge in [0.1, 0.15) is 85.5 Å². The molecule has 22 nitrogen and oxygen atoms in total. The molecule has 0 bridgehead atoms. The summed E-state index contributed by atoms with van der Waals surface area (Å²) in [6.45, 7) is 13.0. The zero-order valence-electron chi connectivity index (χ0n) is 44.2. The van der Waals surface area contributed by atoms with Crippen LogP contribution in [0.2, 0.25) is 0 Å². The molecule has 13 N–H and O–H groups in total. The first-order valence-electron chi connectivity index (χ1n) is 27.3. The van der Waals surface area contributed by atoms with E-state index in [0.717, 1.165) is 25.7 Å². The van der Waals surface area contributed by atoms with Crippen molar-refractivity contribution in [3.8, 4) is 0 Å². The Hall–Kier alpha value is -1.59. The molecule has 4 saturated heterocycles. The fourth-order valence-corrected chi connectivity index (χ4v) is 16.2. The van der Waals surface area contributed by atoms with Crippen molar-refractivity contribution in [2.45, 2.75) is 235 Å². The van der Waals surface area contributed by atoms with Gasteiger partial charge in [-0.3, -0.25) is 4.79 Å². The van der Waals surface area contributed by atoms with Gasteiger partial charge in [-0.05, 0) is 111 Å². The third-order valence-electron chi connectivity index (χ3n) is 21.1. The largest absolute Gasteiger partial charge is 0.432 e. The zero-order valence-corrected chi connectivity index (χ0v) is 44.2. The first-order chi connectivity index (χ1) is 35.2. The van der Waals surface area contributed by atoms with Crippen LogP contribution in [0.5, 0.6) is 0 Å². The van der Waals surface area contributed by atoms with Gasteiger partial charge in [-0.25, -0.2) is 0 Å². The second kappa shape index (κ2) is 21.1. The lowest BCUT2D eigenvalue weighted by molar-refractivity contribution is -0.377. The quantitative estimate of drug-likeness (QED) is 0.0643. The van der Waals surface area contributed by atoms with Crippen LogP contribution in [0.3, 0.4) is 0 Å². The zero-order chi connectivity index (χ0) is 54.7. The number of ether oxygens (including phenoxy) is 8. The Bertz CT molecular complexity index is 2060. The Morgan fingerprint density at radius 2 is 1.19 bits per heavy atom. The summed E-state index contributed by atoms with van der Waals surface area (Å²) in [6, 6.07) is 0. The Balaban J connectivity index is 0.903. The fraction of sp³-hybridized carbons (Fsp3) is 0.943. The summed E-state index contributed by atoms with van der Waals surface area (Å²) in [6.07, 6.45) is -21.6. The van der Waals surface area contributed by atoms with Gasteiger partial charge in [-0.2, -0.15) is 0 Å². The van der Waals surface area contributed by atoms with Crippen LogP contribution < -0.4 is 0 Å². The van der Waals surface area contributed by atoms with Gasteiger partial charge in [0.05, 0.1) is 44.1 Å². The third kappa shape index (κ3) is 9.40. The summed E-state index contributed by atoms with van der Waals surface area (Å²) >= 11 is 0. The third-order valence-corrected chi connectivity index (χ3v) is 21.1. The highest BCUT2D eigenvalue weighted by Crippen LogP contribution is 2.76. The Labute approximate surface area is 437 Å². The van der Waals surface area contributed by atoms with Crippen molar-refractivity contribution in [2.24, 2.45) is 50.2 Å². The van der Waals surface area contributed by atoms with E-state index >= 15 is 4.79 Å². The molecule has 5 aliphatic carbocycles. The summed E-state index contributed by atoms with van der Waals surface area (Å²) in [5.41, 5.74) is -1.46. The highest BCUT2D eigenvalue weighted by atomic mass is 16.8. The molecular formula is C53H86O22. The molecule has 0 aromatic heterocycles. The number of hydrogen-bond donors (Lipinski definition) is 13. The van der Waals surface area contributed by atoms with Crippen LogP contribution in [0.1, 0.15) is 113 Å². The van der Waals surface area contributed by atoms with Crippen molar-refractivity contribution in [3.63, 3.8) is 0 Å². The predicted octanol–water partition coefficient (Wildman–Crippen LogP) is -1.40. The number of allylic oxidation sites excluding steroid dienone is 2. The average molecular weight is 1080 g/mol. The molecule has 4 saturated carbocycles. The van der Waals surface area contributed by atoms with Crippen molar-refractivity contribution in [2.75, 3.05) is 26.4 Å². The number of hydrogen-bond acceptors (Lipinski definition) is 22. The first kappa shape index (κ1) is 58.1. The van der Waals surface area contributed by atoms with E-state index in [4.69, 9.17) is 37.9 Å². The molecule has 4 aliphatic heterocycles. The number of aliphatic hydroxyl groups excluding tert-OH is 13. The van der Waals surface area contributed by atoms with Gasteiger partial charge in [-0.1, -0.05) is 53.2 Å². The molecule has 8 fully saturated rings. The van der Waals surface area contributed by atoms with Gasteiger partial charge < -0.3 is 104 Å². The van der Waals surface area contributed by atoms with E-state index in [1.165, 1.54) is 12.5 Å². The lowest BCUT2D eigenvalue weighted by atomic mass is 9.33. The first-order valence-corrected chi connectivity index (χ1v) is 27.3. The lowest BCUT2D eigenvalue weighted by Crippen LogP contribution is -2.67. The maximum absolute atomic E-state index is 15.1. The molecule has 28 atom stereocenters. The molecule has 9 aliphatic rings. The Kier molecular flexibility index (Phi) is 16.3. The van der Waals surface area contributed by atoms with Crippen molar-refractivity contribution in [1.29, 1.82) is 0 Å². The number of rotatable bonds is 11. The van der Waals surface area contributed by atoms with Crippen molar-refractivity contribution < 1.29 is 109 Å². The van der Waals surface area contributed by atoms with Gasteiger partial charge in [0, 0.05) is 5.41 Å². The van der Waals surface area contributed by atoms with E-state index in [1.54, 1.807) is 0 Å². The molecule has 75 heavy (non-hydrogen) atoms. The Morgan fingerprint density at radius 3 is 1.81 bits per heavy atom. The number of aliphatic hydroxyl groups is 13. The monoisotopic (exact) mass is 1070 g/mol. The Morgan fingerprint density at radius 1 is 0.613 bits per heavy atom. The van der Waals surface area contributed by atoms with Crippen LogP contribution >= 0.6 is 0 Å².